The van der Waals surface area contributed by atoms with Crippen LogP contribution in [0.5, 0.6) is 0 Å². The van der Waals surface area contributed by atoms with Gasteiger partial charge in [0.15, 0.2) is 6.10 Å². The van der Waals surface area contributed by atoms with Gasteiger partial charge in [-0.1, -0.05) is 50.2 Å². The summed E-state index contributed by atoms with van der Waals surface area (Å²) in [5.74, 6) is 6.07. The SMILES string of the molecule is C=CCCCCC(C)CCCC=CC#CCCC(OC)C(=O)OCC(O)COP(=O)(O)OCC[N+](C)(C)C. The van der Waals surface area contributed by atoms with Crippen molar-refractivity contribution in [1.82, 2.24) is 0 Å². The van der Waals surface area contributed by atoms with Crippen LogP contribution in [-0.4, -0.2) is 87.3 Å². The summed E-state index contributed by atoms with van der Waals surface area (Å²) in [5.41, 5.74) is 0. The summed E-state index contributed by atoms with van der Waals surface area (Å²) in [7, 11) is 2.84. The molecule has 0 spiro atoms. The number of phosphoric ester groups is 1. The molecule has 0 amide bonds. The Morgan fingerprint density at radius 1 is 1.08 bits per heavy atom. The van der Waals surface area contributed by atoms with Gasteiger partial charge in [0.05, 0.1) is 27.7 Å². The molecular formula is C28H51NO8P+. The van der Waals surface area contributed by atoms with E-state index in [2.05, 4.69) is 31.4 Å². The van der Waals surface area contributed by atoms with E-state index in [9.17, 15) is 19.4 Å². The monoisotopic (exact) mass is 560 g/mol. The molecule has 10 heteroatoms. The number of quaternary nitrogens is 1. The molecule has 2 N–H and O–H groups in total. The normalized spacial score (nSPS) is 15.8. The molecule has 4 atom stereocenters. The zero-order chi connectivity index (χ0) is 28.9. The number of carbonyl (C=O) groups excluding carboxylic acids is 1. The molecule has 0 saturated heterocycles. The van der Waals surface area contributed by atoms with Gasteiger partial charge in [-0.25, -0.2) is 9.36 Å². The van der Waals surface area contributed by atoms with Gasteiger partial charge in [-0.05, 0) is 44.1 Å². The summed E-state index contributed by atoms with van der Waals surface area (Å²) in [6.07, 6.45) is 12.8. The minimum atomic E-state index is -4.31. The van der Waals surface area contributed by atoms with Gasteiger partial charge < -0.3 is 24.0 Å². The summed E-state index contributed by atoms with van der Waals surface area (Å²) < 4.78 is 32.3. The van der Waals surface area contributed by atoms with Crippen molar-refractivity contribution in [1.29, 1.82) is 0 Å². The number of hydrogen-bond donors (Lipinski definition) is 2. The maximum Gasteiger partial charge on any atom is 0.472 e. The number of aliphatic hydroxyl groups excluding tert-OH is 1. The van der Waals surface area contributed by atoms with Gasteiger partial charge >= 0.3 is 13.8 Å². The zero-order valence-electron chi connectivity index (χ0n) is 24.1. The van der Waals surface area contributed by atoms with Crippen molar-refractivity contribution in [3.63, 3.8) is 0 Å². The molecule has 0 aliphatic heterocycles. The van der Waals surface area contributed by atoms with Gasteiger partial charge in [0.2, 0.25) is 0 Å². The summed E-state index contributed by atoms with van der Waals surface area (Å²) in [6, 6.07) is 0. The highest BCUT2D eigenvalue weighted by atomic mass is 31.2. The molecule has 220 valence electrons. The third-order valence-corrected chi connectivity index (χ3v) is 6.65. The van der Waals surface area contributed by atoms with Crippen molar-refractivity contribution >= 4 is 13.8 Å². The van der Waals surface area contributed by atoms with Crippen LogP contribution in [0, 0.1) is 17.8 Å². The fourth-order valence-electron chi connectivity index (χ4n) is 3.29. The largest absolute Gasteiger partial charge is 0.472 e. The highest BCUT2D eigenvalue weighted by Crippen LogP contribution is 2.43. The topological polar surface area (TPSA) is 112 Å². The molecule has 4 unspecified atom stereocenters. The second kappa shape index (κ2) is 21.3. The van der Waals surface area contributed by atoms with Crippen LogP contribution in [0.4, 0.5) is 0 Å². The van der Waals surface area contributed by atoms with Crippen LogP contribution in [0.15, 0.2) is 24.8 Å². The second-order valence-electron chi connectivity index (χ2n) is 10.5. The average molecular weight is 561 g/mol. The number of esters is 1. The Morgan fingerprint density at radius 3 is 2.45 bits per heavy atom. The molecule has 38 heavy (non-hydrogen) atoms. The molecule has 0 saturated carbocycles. The number of methoxy groups -OCH3 is 1. The van der Waals surface area contributed by atoms with Crippen molar-refractivity contribution in [3.05, 3.63) is 24.8 Å². The van der Waals surface area contributed by atoms with E-state index in [4.69, 9.17) is 18.5 Å². The van der Waals surface area contributed by atoms with Crippen molar-refractivity contribution in [3.8, 4) is 11.8 Å². The number of rotatable bonds is 22. The Bertz CT molecular complexity index is 784. The maximum absolute atomic E-state index is 12.2. The van der Waals surface area contributed by atoms with Crippen LogP contribution in [0.2, 0.25) is 0 Å². The molecule has 0 fully saturated rings. The van der Waals surface area contributed by atoms with Crippen molar-refractivity contribution in [2.24, 2.45) is 5.92 Å². The first-order valence-corrected chi connectivity index (χ1v) is 14.9. The van der Waals surface area contributed by atoms with E-state index in [1.54, 1.807) is 0 Å². The number of allylic oxidation sites excluding steroid dienone is 3. The molecule has 0 aliphatic carbocycles. The summed E-state index contributed by atoms with van der Waals surface area (Å²) in [4.78, 5) is 21.9. The number of unbranched alkanes of at least 4 members (excludes halogenated alkanes) is 3. The van der Waals surface area contributed by atoms with Crippen molar-refractivity contribution in [2.45, 2.75) is 76.9 Å². The molecule has 0 aromatic carbocycles. The predicted molar refractivity (Wildman–Crippen MR) is 150 cm³/mol. The highest BCUT2D eigenvalue weighted by Gasteiger charge is 2.25. The lowest BCUT2D eigenvalue weighted by Gasteiger charge is -2.24. The van der Waals surface area contributed by atoms with Crippen LogP contribution in [-0.2, 0) is 27.9 Å². The van der Waals surface area contributed by atoms with Crippen LogP contribution in [0.25, 0.3) is 0 Å². The standard InChI is InChI=1S/C28H50NO8P/c1-7-8-9-15-18-25(2)19-16-13-11-10-12-14-17-20-27(34-6)28(31)35-23-26(30)24-37-38(32,33)36-22-21-29(3,4)5/h7,10-11,25-27,30H,1,8-9,13,15-24H2,2-6H3/p+1. The lowest BCUT2D eigenvalue weighted by atomic mass is 9.97. The third kappa shape index (κ3) is 22.5. The van der Waals surface area contributed by atoms with E-state index in [0.29, 0.717) is 23.9 Å². The Morgan fingerprint density at radius 2 is 1.79 bits per heavy atom. The van der Waals surface area contributed by atoms with E-state index in [1.165, 1.54) is 32.8 Å². The minimum Gasteiger partial charge on any atom is -0.461 e. The molecule has 0 aliphatic rings. The summed E-state index contributed by atoms with van der Waals surface area (Å²) in [5, 5.41) is 9.93. The fourth-order valence-corrected chi connectivity index (χ4v) is 4.03. The zero-order valence-corrected chi connectivity index (χ0v) is 25.0. The molecule has 0 aromatic heterocycles. The molecule has 0 rings (SSSR count). The lowest BCUT2D eigenvalue weighted by molar-refractivity contribution is -0.870. The van der Waals surface area contributed by atoms with E-state index in [0.717, 1.165) is 25.2 Å². The van der Waals surface area contributed by atoms with Crippen molar-refractivity contribution in [2.75, 3.05) is 54.6 Å². The number of ether oxygens (including phenoxy) is 2. The predicted octanol–water partition coefficient (Wildman–Crippen LogP) is 4.64. The number of aliphatic hydroxyl groups is 1. The Hall–Kier alpha value is -1.50. The Labute approximate surface area is 230 Å². The molecule has 9 nitrogen and oxygen atoms in total. The Kier molecular flexibility index (Phi) is 20.5. The molecule has 0 aromatic rings. The van der Waals surface area contributed by atoms with E-state index < -0.39 is 39.2 Å². The average Bonchev–Trinajstić information content (AvgIpc) is 2.84. The van der Waals surface area contributed by atoms with Crippen LogP contribution in [0.1, 0.15) is 64.7 Å². The van der Waals surface area contributed by atoms with E-state index >= 15 is 0 Å². The van der Waals surface area contributed by atoms with Gasteiger partial charge in [-0.3, -0.25) is 9.05 Å². The first-order valence-electron chi connectivity index (χ1n) is 13.4. The second-order valence-corrected chi connectivity index (χ2v) is 11.9. The summed E-state index contributed by atoms with van der Waals surface area (Å²) in [6.45, 7) is 5.66. The third-order valence-electron chi connectivity index (χ3n) is 5.67. The Balaban J connectivity index is 4.11. The van der Waals surface area contributed by atoms with E-state index in [-0.39, 0.29) is 6.61 Å². The van der Waals surface area contributed by atoms with Crippen LogP contribution in [0.3, 0.4) is 0 Å². The van der Waals surface area contributed by atoms with Crippen molar-refractivity contribution < 1.29 is 42.4 Å². The van der Waals surface area contributed by atoms with E-state index in [1.807, 2.05) is 33.3 Å². The number of nitrogens with zero attached hydrogens (tertiary/aromatic N) is 1. The fraction of sp³-hybridized carbons (Fsp3) is 0.750. The maximum atomic E-state index is 12.2. The smallest absolute Gasteiger partial charge is 0.461 e. The summed E-state index contributed by atoms with van der Waals surface area (Å²) >= 11 is 0. The molecular weight excluding hydrogens is 509 g/mol. The quantitative estimate of drug-likeness (QED) is 0.0492. The van der Waals surface area contributed by atoms with Gasteiger partial charge in [0.25, 0.3) is 0 Å². The first-order chi connectivity index (χ1) is 17.9. The number of carbonyl (C=O) groups is 1. The van der Waals surface area contributed by atoms with Gasteiger partial charge in [0.1, 0.15) is 25.9 Å². The lowest BCUT2D eigenvalue weighted by Crippen LogP contribution is -2.37. The molecule has 0 radical (unpaired) electrons. The van der Waals surface area contributed by atoms with Gasteiger partial charge in [-0.2, -0.15) is 0 Å². The molecule has 0 heterocycles. The first kappa shape index (κ1) is 36.5. The highest BCUT2D eigenvalue weighted by molar-refractivity contribution is 7.47. The number of hydrogen-bond acceptors (Lipinski definition) is 7. The number of likely N-dealkylation sites (N-methyl/N-ethyl adjacent to an activating group) is 1. The van der Waals surface area contributed by atoms with Crippen LogP contribution >= 0.6 is 7.82 Å². The van der Waals surface area contributed by atoms with Crippen LogP contribution < -0.4 is 0 Å². The number of phosphoric acid groups is 1. The molecule has 0 bridgehead atoms. The van der Waals surface area contributed by atoms with Gasteiger partial charge in [-0.15, -0.1) is 6.58 Å². The minimum absolute atomic E-state index is 0.0206. The van der Waals surface area contributed by atoms with Gasteiger partial charge in [0, 0.05) is 13.5 Å².